The maximum atomic E-state index is 11.3. The number of oxazole rings is 2. The summed E-state index contributed by atoms with van der Waals surface area (Å²) in [6.45, 7) is 19.3. The van der Waals surface area contributed by atoms with E-state index in [0.717, 1.165) is 35.4 Å². The average Bonchev–Trinajstić information content (AvgIpc) is 3.88. The molecule has 4 aromatic rings. The molecule has 3 aliphatic rings. The van der Waals surface area contributed by atoms with Gasteiger partial charge >= 0.3 is 0 Å². The smallest absolute Gasteiger partial charge is 0.261 e. The van der Waals surface area contributed by atoms with Gasteiger partial charge in [0.15, 0.2) is 5.89 Å². The molecule has 328 valence electrons. The van der Waals surface area contributed by atoms with Crippen LogP contribution in [0.2, 0.25) is 5.04 Å². The van der Waals surface area contributed by atoms with E-state index in [2.05, 4.69) is 93.0 Å². The molecular weight excluding hydrogens is 785 g/mol. The first-order valence-corrected chi connectivity index (χ1v) is 24.1. The number of aryl methyl sites for hydroxylation is 1. The highest BCUT2D eigenvalue weighted by molar-refractivity contribution is 6.99. The molecule has 0 unspecified atom stereocenters. The van der Waals surface area contributed by atoms with Crippen molar-refractivity contribution >= 4 is 30.8 Å². The lowest BCUT2D eigenvalue weighted by molar-refractivity contribution is -0.148. The lowest BCUT2D eigenvalue weighted by Gasteiger charge is -2.47. The molecule has 61 heavy (non-hydrogen) atoms. The molecule has 0 aliphatic carbocycles. The predicted octanol–water partition coefficient (Wildman–Crippen LogP) is 8.92. The summed E-state index contributed by atoms with van der Waals surface area (Å²) in [7, 11) is -2.88. The molecule has 3 saturated heterocycles. The lowest BCUT2D eigenvalue weighted by Crippen LogP contribution is -2.68. The standard InChI is InChI=1S/C50H66N2O8Si/c1-32-24-38(22-23-53)57-39(25-32)27-40-28-41(60-61(50(6,7)8,42-16-11-9-12-17-42)43-18-13-10-14-19-43)29-46(58-40)44-31-56-47(52-44)21-15-20-45-34(3)48(54)35(4)49(59-45)33(2)26-37-30-55-36(5)51-37/h9-19,21,26,30-31,34-35,38-41,45-46,48-49,53-54H,1,20,22-25,27-29H2,2-8H3/b21-15+,33-26+/t34-,35+,38-,39+,40+,41+,45+,46+,48-,49-/m0/s1. The highest BCUT2D eigenvalue weighted by Gasteiger charge is 2.52. The Kier molecular flexibility index (Phi) is 14.5. The van der Waals surface area contributed by atoms with E-state index in [0.29, 0.717) is 43.9 Å². The quantitative estimate of drug-likeness (QED) is 0.0938. The van der Waals surface area contributed by atoms with Crippen molar-refractivity contribution in [1.82, 2.24) is 9.97 Å². The van der Waals surface area contributed by atoms with E-state index in [-0.39, 0.29) is 66.2 Å². The number of benzene rings is 2. The van der Waals surface area contributed by atoms with Crippen LogP contribution in [-0.4, -0.2) is 77.8 Å². The predicted molar refractivity (Wildman–Crippen MR) is 241 cm³/mol. The fraction of sp³-hybridized carbons (Fsp3) is 0.520. The SMILES string of the molecule is C=C1C[C@H](C[C@@H]2C[C@@H](O[Si](c3ccccc3)(c3ccccc3)C(C)(C)C)C[C@H](c3coc(/C=C/C[C@H]4O[C@@H](/C(C)=C/c5coc(C)n5)[C@H](C)[C@@H](O)[C@H]4C)n3)O2)O[C@@H](CCO)C1. The maximum Gasteiger partial charge on any atom is 0.261 e. The molecule has 3 fully saturated rings. The minimum atomic E-state index is -2.88. The zero-order chi connectivity index (χ0) is 43.3. The molecule has 5 heterocycles. The molecule has 0 saturated carbocycles. The lowest BCUT2D eigenvalue weighted by atomic mass is 9.79. The summed E-state index contributed by atoms with van der Waals surface area (Å²) in [5.41, 5.74) is 3.61. The van der Waals surface area contributed by atoms with E-state index in [1.807, 2.05) is 45.9 Å². The van der Waals surface area contributed by atoms with Crippen LogP contribution in [-0.2, 0) is 18.6 Å². The Labute approximate surface area is 363 Å². The van der Waals surface area contributed by atoms with E-state index in [9.17, 15) is 10.2 Å². The Hall–Kier alpha value is -3.94. The Bertz CT molecular complexity index is 2050. The summed E-state index contributed by atoms with van der Waals surface area (Å²) in [5.74, 6) is 0.941. The number of aliphatic hydroxyl groups is 2. The molecule has 10 nitrogen and oxygen atoms in total. The average molecular weight is 851 g/mol. The Morgan fingerprint density at radius 3 is 2.21 bits per heavy atom. The van der Waals surface area contributed by atoms with Crippen LogP contribution in [0.1, 0.15) is 116 Å². The van der Waals surface area contributed by atoms with Crippen LogP contribution in [0.15, 0.2) is 106 Å². The van der Waals surface area contributed by atoms with Gasteiger partial charge in [-0.15, -0.1) is 0 Å². The fourth-order valence-electron chi connectivity index (χ4n) is 9.89. The number of aliphatic hydroxyl groups excluding tert-OH is 2. The van der Waals surface area contributed by atoms with Crippen LogP contribution in [0.3, 0.4) is 0 Å². The van der Waals surface area contributed by atoms with Crippen molar-refractivity contribution in [3.63, 3.8) is 0 Å². The first kappa shape index (κ1) is 45.1. The number of ether oxygens (including phenoxy) is 3. The van der Waals surface area contributed by atoms with Crippen LogP contribution in [0.25, 0.3) is 12.2 Å². The Morgan fingerprint density at radius 1 is 0.885 bits per heavy atom. The molecule has 7 rings (SSSR count). The number of rotatable bonds is 14. The highest BCUT2D eigenvalue weighted by atomic mass is 28.4. The molecule has 0 amide bonds. The monoisotopic (exact) mass is 850 g/mol. The van der Waals surface area contributed by atoms with Crippen LogP contribution < -0.4 is 10.4 Å². The maximum absolute atomic E-state index is 11.3. The second-order valence-corrected chi connectivity index (χ2v) is 22.9. The molecular formula is C50H66N2O8Si. The molecule has 3 aliphatic heterocycles. The topological polar surface area (TPSA) is 129 Å². The summed E-state index contributed by atoms with van der Waals surface area (Å²) in [6, 6.07) is 21.5. The molecule has 0 spiro atoms. The molecule has 11 heteroatoms. The summed E-state index contributed by atoms with van der Waals surface area (Å²) in [6.07, 6.45) is 12.2. The molecule has 0 bridgehead atoms. The van der Waals surface area contributed by atoms with Crippen molar-refractivity contribution in [1.29, 1.82) is 0 Å². The third-order valence-corrected chi connectivity index (χ3v) is 18.0. The van der Waals surface area contributed by atoms with Gasteiger partial charge in [0.05, 0.1) is 42.7 Å². The van der Waals surface area contributed by atoms with Crippen LogP contribution >= 0.6 is 0 Å². The van der Waals surface area contributed by atoms with Gasteiger partial charge in [0.2, 0.25) is 5.89 Å². The van der Waals surface area contributed by atoms with Crippen molar-refractivity contribution in [2.24, 2.45) is 11.8 Å². The van der Waals surface area contributed by atoms with E-state index in [1.54, 1.807) is 12.5 Å². The van der Waals surface area contributed by atoms with Crippen molar-refractivity contribution in [2.75, 3.05) is 6.61 Å². The third kappa shape index (κ3) is 10.5. The molecule has 2 N–H and O–H groups in total. The normalized spacial score (nSPS) is 29.3. The zero-order valence-electron chi connectivity index (χ0n) is 37.0. The van der Waals surface area contributed by atoms with Gasteiger partial charge in [-0.2, -0.15) is 0 Å². The fourth-order valence-corrected chi connectivity index (χ4v) is 14.6. The summed E-state index contributed by atoms with van der Waals surface area (Å²) >= 11 is 0. The van der Waals surface area contributed by atoms with Gasteiger partial charge in [-0.1, -0.05) is 114 Å². The van der Waals surface area contributed by atoms with Crippen molar-refractivity contribution in [2.45, 2.75) is 147 Å². The van der Waals surface area contributed by atoms with Crippen LogP contribution in [0.4, 0.5) is 0 Å². The zero-order valence-corrected chi connectivity index (χ0v) is 38.0. The minimum Gasteiger partial charge on any atom is -0.449 e. The highest BCUT2D eigenvalue weighted by Crippen LogP contribution is 2.43. The van der Waals surface area contributed by atoms with Crippen molar-refractivity contribution < 1.29 is 37.7 Å². The molecule has 0 radical (unpaired) electrons. The summed E-state index contributed by atoms with van der Waals surface area (Å²) in [5, 5.41) is 23.3. The second kappa shape index (κ2) is 19.6. The molecule has 2 aromatic carbocycles. The number of nitrogens with zero attached hydrogens (tertiary/aromatic N) is 2. The van der Waals surface area contributed by atoms with Crippen molar-refractivity contribution in [3.8, 4) is 0 Å². The number of hydrogen-bond acceptors (Lipinski definition) is 10. The van der Waals surface area contributed by atoms with Gasteiger partial charge in [-0.25, -0.2) is 9.97 Å². The van der Waals surface area contributed by atoms with Gasteiger partial charge in [0.25, 0.3) is 8.32 Å². The van der Waals surface area contributed by atoms with E-state index < -0.39 is 14.4 Å². The third-order valence-electron chi connectivity index (χ3n) is 12.9. The van der Waals surface area contributed by atoms with Gasteiger partial charge in [-0.05, 0) is 72.2 Å². The Balaban J connectivity index is 1.12. The van der Waals surface area contributed by atoms with Gasteiger partial charge < -0.3 is 37.7 Å². The van der Waals surface area contributed by atoms with E-state index in [1.165, 1.54) is 10.4 Å². The summed E-state index contributed by atoms with van der Waals surface area (Å²) < 4.78 is 39.3. The first-order valence-electron chi connectivity index (χ1n) is 22.2. The summed E-state index contributed by atoms with van der Waals surface area (Å²) in [4.78, 5) is 9.39. The van der Waals surface area contributed by atoms with E-state index in [4.69, 9.17) is 32.5 Å². The van der Waals surface area contributed by atoms with E-state index >= 15 is 0 Å². The Morgan fingerprint density at radius 2 is 1.57 bits per heavy atom. The largest absolute Gasteiger partial charge is 0.449 e. The second-order valence-electron chi connectivity index (χ2n) is 18.6. The number of aromatic nitrogens is 2. The van der Waals surface area contributed by atoms with Gasteiger partial charge in [-0.3, -0.25) is 0 Å². The molecule has 2 aromatic heterocycles. The number of hydrogen-bond donors (Lipinski definition) is 2. The minimum absolute atomic E-state index is 0.0477. The molecule has 10 atom stereocenters. The first-order chi connectivity index (χ1) is 29.2. The van der Waals surface area contributed by atoms with Crippen LogP contribution in [0, 0.1) is 18.8 Å². The van der Waals surface area contributed by atoms with Crippen molar-refractivity contribution in [3.05, 3.63) is 120 Å². The van der Waals surface area contributed by atoms with Gasteiger partial charge in [0.1, 0.15) is 30.0 Å². The van der Waals surface area contributed by atoms with Gasteiger partial charge in [0, 0.05) is 38.2 Å². The van der Waals surface area contributed by atoms with Crippen LogP contribution in [0.5, 0.6) is 0 Å².